The Morgan fingerprint density at radius 1 is 0.806 bits per heavy atom. The van der Waals surface area contributed by atoms with Crippen LogP contribution in [0.2, 0.25) is 0 Å². The molecule has 1 aliphatic heterocycles. The van der Waals surface area contributed by atoms with Crippen molar-refractivity contribution in [1.82, 2.24) is 4.40 Å². The number of hydrogen-bond acceptors (Lipinski definition) is 1. The second kappa shape index (κ2) is 5.70. The van der Waals surface area contributed by atoms with Crippen LogP contribution in [0, 0.1) is 12.1 Å². The Morgan fingerprint density at radius 3 is 2.69 bits per heavy atom. The van der Waals surface area contributed by atoms with Gasteiger partial charge in [-0.2, -0.15) is 4.57 Å². The van der Waals surface area contributed by atoms with Gasteiger partial charge < -0.3 is 8.82 Å². The maximum Gasteiger partial charge on any atom is 0.213 e. The van der Waals surface area contributed by atoms with Crippen LogP contribution in [0.3, 0.4) is 0 Å². The molecule has 2 aliphatic rings. The summed E-state index contributed by atoms with van der Waals surface area (Å²) in [6.07, 6.45) is 6.90. The van der Waals surface area contributed by atoms with E-state index in [-0.39, 0.29) is 0 Å². The smallest absolute Gasteiger partial charge is 0.213 e. The fraction of sp³-hybridized carbons (Fsp3) is 0.0606. The Kier molecular flexibility index (Phi) is 2.79. The van der Waals surface area contributed by atoms with Gasteiger partial charge in [0, 0.05) is 39.1 Å². The lowest BCUT2D eigenvalue weighted by Gasteiger charge is -2.32. The van der Waals surface area contributed by atoms with Crippen LogP contribution in [0.1, 0.15) is 17.5 Å². The van der Waals surface area contributed by atoms with E-state index in [1.807, 2.05) is 12.1 Å². The molecule has 36 heavy (non-hydrogen) atoms. The number of benzene rings is 3. The Hall–Kier alpha value is -4.81. The minimum absolute atomic E-state index is 0.393. The van der Waals surface area contributed by atoms with Crippen molar-refractivity contribution in [2.75, 3.05) is 0 Å². The lowest BCUT2D eigenvalue weighted by molar-refractivity contribution is -0.709. The van der Waals surface area contributed by atoms with Crippen molar-refractivity contribution in [2.45, 2.75) is 12.0 Å². The van der Waals surface area contributed by atoms with E-state index in [4.69, 9.17) is 4.42 Å². The van der Waals surface area contributed by atoms with E-state index >= 15 is 0 Å². The van der Waals surface area contributed by atoms with Crippen LogP contribution in [-0.4, -0.2) is 4.40 Å². The zero-order valence-electron chi connectivity index (χ0n) is 19.1. The van der Waals surface area contributed by atoms with Crippen molar-refractivity contribution in [1.29, 1.82) is 0 Å². The van der Waals surface area contributed by atoms with E-state index in [1.54, 1.807) is 0 Å². The van der Waals surface area contributed by atoms with Crippen LogP contribution >= 0.6 is 0 Å². The number of rotatable bonds is 0. The van der Waals surface area contributed by atoms with Crippen molar-refractivity contribution < 1.29 is 8.98 Å². The van der Waals surface area contributed by atoms with Crippen LogP contribution in [0.25, 0.3) is 71.3 Å². The topological polar surface area (TPSA) is 21.4 Å². The van der Waals surface area contributed by atoms with Crippen LogP contribution < -0.4 is 4.57 Å². The number of furan rings is 1. The molecule has 2 unspecified atom stereocenters. The highest BCUT2D eigenvalue weighted by Crippen LogP contribution is 2.50. The van der Waals surface area contributed by atoms with E-state index in [2.05, 4.69) is 100 Å². The van der Waals surface area contributed by atoms with E-state index in [9.17, 15) is 0 Å². The first-order chi connectivity index (χ1) is 17.9. The molecule has 2 atom stereocenters. The Bertz CT molecular complexity index is 2280. The summed E-state index contributed by atoms with van der Waals surface area (Å²) in [5, 5.41) is 7.18. The molecule has 4 aromatic heterocycles. The molecule has 0 radical (unpaired) electrons. The van der Waals surface area contributed by atoms with Crippen LogP contribution in [-0.2, 0) is 0 Å². The number of pyridine rings is 1. The molecule has 0 N–H and O–H groups in total. The lowest BCUT2D eigenvalue weighted by atomic mass is 9.76. The molecular weight excluding hydrogens is 440 g/mol. The van der Waals surface area contributed by atoms with Crippen LogP contribution in [0.5, 0.6) is 0 Å². The summed E-state index contributed by atoms with van der Waals surface area (Å²) in [4.78, 5) is 0. The van der Waals surface area contributed by atoms with Crippen molar-refractivity contribution in [3.8, 4) is 11.3 Å². The van der Waals surface area contributed by atoms with Crippen LogP contribution in [0.15, 0.2) is 95.6 Å². The average Bonchev–Trinajstić information content (AvgIpc) is 3.53. The molecule has 10 rings (SSSR count). The van der Waals surface area contributed by atoms with E-state index in [1.165, 1.54) is 60.3 Å². The summed E-state index contributed by atoms with van der Waals surface area (Å²) < 4.78 is 11.3. The maximum atomic E-state index is 6.42. The fourth-order valence-corrected chi connectivity index (χ4v) is 7.01. The second-order valence-electron chi connectivity index (χ2n) is 10.2. The maximum absolute atomic E-state index is 6.42. The first kappa shape index (κ1) is 17.6. The number of aromatic nitrogens is 2. The molecule has 164 valence electrons. The van der Waals surface area contributed by atoms with Gasteiger partial charge in [0.15, 0.2) is 12.2 Å². The summed E-state index contributed by atoms with van der Waals surface area (Å²) in [5.74, 6) is 0.404. The van der Waals surface area contributed by atoms with Gasteiger partial charge in [0.05, 0.1) is 33.4 Å². The molecule has 1 aliphatic carbocycles. The molecule has 0 fully saturated rings. The van der Waals surface area contributed by atoms with Gasteiger partial charge in [0.1, 0.15) is 11.2 Å². The second-order valence-corrected chi connectivity index (χ2v) is 10.2. The Labute approximate surface area is 205 Å². The summed E-state index contributed by atoms with van der Waals surface area (Å²) >= 11 is 0. The molecular formula is C33H17N2O+. The highest BCUT2D eigenvalue weighted by molar-refractivity contribution is 6.34. The SMILES string of the molecule is c1ccc2c(c#1)c1cc3oc4ccccc4c3c3c4cc5c(cc4n2c13)C1C=CC1[n+]1ccccc1-5. The van der Waals surface area contributed by atoms with Crippen molar-refractivity contribution in [2.24, 2.45) is 0 Å². The van der Waals surface area contributed by atoms with Gasteiger partial charge in [-0.3, -0.25) is 0 Å². The van der Waals surface area contributed by atoms with Gasteiger partial charge in [-0.25, -0.2) is 0 Å². The molecule has 3 heteroatoms. The molecule has 0 bridgehead atoms. The number of nitrogens with zero attached hydrogens (tertiary/aromatic N) is 2. The van der Waals surface area contributed by atoms with Gasteiger partial charge in [-0.15, -0.1) is 0 Å². The number of fused-ring (bicyclic) bond motifs is 16. The van der Waals surface area contributed by atoms with Gasteiger partial charge in [0.2, 0.25) is 5.69 Å². The highest BCUT2D eigenvalue weighted by Gasteiger charge is 2.42. The van der Waals surface area contributed by atoms with Crippen LogP contribution in [0.4, 0.5) is 0 Å². The van der Waals surface area contributed by atoms with Crippen molar-refractivity contribution in [3.05, 3.63) is 109 Å². The zero-order valence-corrected chi connectivity index (χ0v) is 19.1. The quantitative estimate of drug-likeness (QED) is 0.171. The monoisotopic (exact) mass is 457 g/mol. The Morgan fingerprint density at radius 2 is 1.75 bits per heavy atom. The molecule has 0 saturated carbocycles. The predicted octanol–water partition coefficient (Wildman–Crippen LogP) is 7.50. The minimum atomic E-state index is 0.393. The third kappa shape index (κ3) is 1.81. The lowest BCUT2D eigenvalue weighted by Crippen LogP contribution is -2.48. The molecule has 0 amide bonds. The zero-order chi connectivity index (χ0) is 23.1. The van der Waals surface area contributed by atoms with Gasteiger partial charge in [-0.05, 0) is 54.1 Å². The minimum Gasteiger partial charge on any atom is -0.456 e. The third-order valence-electron chi connectivity index (χ3n) is 8.56. The average molecular weight is 458 g/mol. The standard InChI is InChI=1S/C33H17N2O/c1-3-10-27-18(7-1)23-17-30-31(20-8-2-4-11-29(20)36-30)32-24-15-22-21(16-28(24)35(27)33(23)32)19-12-13-26(19)34-14-6-5-9-25(22)34/h2-6,8-17,19,26H/q+1. The molecule has 3 nitrogen and oxygen atoms in total. The third-order valence-corrected chi connectivity index (χ3v) is 8.56. The van der Waals surface area contributed by atoms with E-state index in [0.29, 0.717) is 12.0 Å². The normalized spacial score (nSPS) is 18.2. The first-order valence-electron chi connectivity index (χ1n) is 12.4. The summed E-state index contributed by atoms with van der Waals surface area (Å²) in [5.41, 5.74) is 9.55. The number of allylic oxidation sites excluding steroid dienone is 2. The van der Waals surface area contributed by atoms with E-state index in [0.717, 1.165) is 16.6 Å². The highest BCUT2D eigenvalue weighted by atomic mass is 16.3. The number of hydrogen-bond donors (Lipinski definition) is 0. The summed E-state index contributed by atoms with van der Waals surface area (Å²) in [6, 6.07) is 33.2. The fourth-order valence-electron chi connectivity index (χ4n) is 7.01. The summed E-state index contributed by atoms with van der Waals surface area (Å²) in [7, 11) is 0. The summed E-state index contributed by atoms with van der Waals surface area (Å²) in [6.45, 7) is 0. The van der Waals surface area contributed by atoms with Crippen molar-refractivity contribution in [3.63, 3.8) is 0 Å². The predicted molar refractivity (Wildman–Crippen MR) is 143 cm³/mol. The molecule has 4 aromatic carbocycles. The van der Waals surface area contributed by atoms with Gasteiger partial charge >= 0.3 is 0 Å². The van der Waals surface area contributed by atoms with Gasteiger partial charge in [0.25, 0.3) is 0 Å². The van der Waals surface area contributed by atoms with Crippen molar-refractivity contribution >= 4 is 60.0 Å². The molecule has 0 spiro atoms. The molecule has 8 aromatic rings. The molecule has 5 heterocycles. The first-order valence-corrected chi connectivity index (χ1v) is 12.4. The van der Waals surface area contributed by atoms with Gasteiger partial charge in [-0.1, -0.05) is 36.4 Å². The largest absolute Gasteiger partial charge is 0.456 e. The Balaban J connectivity index is 1.51. The molecule has 0 saturated heterocycles. The number of para-hydroxylation sites is 1. The van der Waals surface area contributed by atoms with E-state index < -0.39 is 0 Å².